The van der Waals surface area contributed by atoms with Crippen LogP contribution in [-0.2, 0) is 11.2 Å². The van der Waals surface area contributed by atoms with E-state index in [0.717, 1.165) is 11.1 Å². The molecule has 0 radical (unpaired) electrons. The van der Waals surface area contributed by atoms with Crippen LogP contribution in [0, 0.1) is 5.92 Å². The van der Waals surface area contributed by atoms with Gasteiger partial charge in [-0.05, 0) is 44.4 Å². The maximum atomic E-state index is 11.1. The predicted octanol–water partition coefficient (Wildman–Crippen LogP) is 3.94. The molecule has 0 fully saturated rings. The number of carbonyl (C=O) groups is 1. The zero-order chi connectivity index (χ0) is 12.8. The molecule has 0 bridgehead atoms. The number of halogens is 1. The molecule has 0 heterocycles. The molecule has 0 aliphatic carbocycles. The van der Waals surface area contributed by atoms with Gasteiger partial charge in [-0.25, -0.2) is 0 Å². The van der Waals surface area contributed by atoms with Gasteiger partial charge >= 0.3 is 5.97 Å². The number of carboxylic acid groups (broad SMARTS) is 1. The Bertz CT molecular complexity index is 403. The highest BCUT2D eigenvalue weighted by atomic mass is 35.5. The molecule has 0 saturated heterocycles. The molecule has 1 aromatic rings. The van der Waals surface area contributed by atoms with E-state index in [0.29, 0.717) is 17.9 Å². The Kier molecular flexibility index (Phi) is 5.23. The van der Waals surface area contributed by atoms with Gasteiger partial charge in [0.15, 0.2) is 0 Å². The van der Waals surface area contributed by atoms with Gasteiger partial charge in [0.05, 0.1) is 5.92 Å². The first-order valence-electron chi connectivity index (χ1n) is 5.59. The highest BCUT2D eigenvalue weighted by Gasteiger charge is 2.16. The lowest BCUT2D eigenvalue weighted by atomic mass is 9.95. The minimum atomic E-state index is -0.752. The molecule has 1 aromatic carbocycles. The molecular formula is C14H17ClO2. The summed E-state index contributed by atoms with van der Waals surface area (Å²) in [5.41, 5.74) is 2.15. The summed E-state index contributed by atoms with van der Waals surface area (Å²) in [6.07, 6.45) is 3.07. The molecule has 1 N–H and O–H groups in total. The fraction of sp³-hybridized carbons (Fsp3) is 0.357. The third-order valence-corrected chi connectivity index (χ3v) is 2.81. The van der Waals surface area contributed by atoms with Gasteiger partial charge in [-0.2, -0.15) is 0 Å². The number of hydrogen-bond acceptors (Lipinski definition) is 1. The third-order valence-electron chi connectivity index (χ3n) is 2.56. The zero-order valence-electron chi connectivity index (χ0n) is 10.1. The molecule has 17 heavy (non-hydrogen) atoms. The maximum absolute atomic E-state index is 11.1. The Morgan fingerprint density at radius 2 is 1.94 bits per heavy atom. The van der Waals surface area contributed by atoms with Crippen LogP contribution in [0.15, 0.2) is 35.9 Å². The lowest BCUT2D eigenvalue weighted by Crippen LogP contribution is -2.15. The van der Waals surface area contributed by atoms with Crippen molar-refractivity contribution in [3.63, 3.8) is 0 Å². The first-order valence-corrected chi connectivity index (χ1v) is 5.97. The second kappa shape index (κ2) is 6.45. The molecule has 0 aliphatic heterocycles. The quantitative estimate of drug-likeness (QED) is 0.806. The van der Waals surface area contributed by atoms with E-state index in [4.69, 9.17) is 16.7 Å². The smallest absolute Gasteiger partial charge is 0.307 e. The molecular weight excluding hydrogens is 236 g/mol. The van der Waals surface area contributed by atoms with Crippen molar-refractivity contribution >= 4 is 17.6 Å². The maximum Gasteiger partial charge on any atom is 0.307 e. The normalized spacial score (nSPS) is 11.9. The molecule has 3 heteroatoms. The van der Waals surface area contributed by atoms with Crippen LogP contribution in [0.5, 0.6) is 0 Å². The Morgan fingerprint density at radius 1 is 1.35 bits per heavy atom. The van der Waals surface area contributed by atoms with Gasteiger partial charge in [-0.1, -0.05) is 35.4 Å². The lowest BCUT2D eigenvalue weighted by molar-refractivity contribution is -0.141. The van der Waals surface area contributed by atoms with Gasteiger partial charge in [-0.15, -0.1) is 0 Å². The van der Waals surface area contributed by atoms with Crippen LogP contribution in [0.25, 0.3) is 0 Å². The summed E-state index contributed by atoms with van der Waals surface area (Å²) in [5, 5.41) is 9.82. The number of allylic oxidation sites excluding steroid dienone is 2. The predicted molar refractivity (Wildman–Crippen MR) is 70.3 cm³/mol. The van der Waals surface area contributed by atoms with Crippen molar-refractivity contribution in [3.05, 3.63) is 46.5 Å². The Morgan fingerprint density at radius 3 is 2.41 bits per heavy atom. The van der Waals surface area contributed by atoms with Crippen molar-refractivity contribution in [2.24, 2.45) is 5.92 Å². The van der Waals surface area contributed by atoms with Gasteiger partial charge in [0, 0.05) is 5.02 Å². The van der Waals surface area contributed by atoms with Crippen molar-refractivity contribution in [3.8, 4) is 0 Å². The molecule has 0 amide bonds. The molecule has 0 aromatic heterocycles. The van der Waals surface area contributed by atoms with E-state index >= 15 is 0 Å². The average Bonchev–Trinajstić information content (AvgIpc) is 2.26. The Labute approximate surface area is 107 Å². The van der Waals surface area contributed by atoms with Crippen LogP contribution in [-0.4, -0.2) is 11.1 Å². The van der Waals surface area contributed by atoms with Crippen LogP contribution in [0.3, 0.4) is 0 Å². The molecule has 92 valence electrons. The second-order valence-electron chi connectivity index (χ2n) is 4.38. The van der Waals surface area contributed by atoms with Gasteiger partial charge in [0.2, 0.25) is 0 Å². The molecule has 1 unspecified atom stereocenters. The standard InChI is InChI=1S/C14H17ClO2/c1-10(2)3-6-12(14(16)17)9-11-4-7-13(15)8-5-11/h3-5,7-8,12H,6,9H2,1-2H3,(H,16,17). The minimum absolute atomic E-state index is 0.369. The van der Waals surface area contributed by atoms with Crippen LogP contribution in [0.4, 0.5) is 0 Å². The molecule has 2 nitrogen and oxygen atoms in total. The first-order chi connectivity index (χ1) is 7.99. The summed E-state index contributed by atoms with van der Waals surface area (Å²) in [5.74, 6) is -1.12. The van der Waals surface area contributed by atoms with Gasteiger partial charge in [0.25, 0.3) is 0 Å². The Hall–Kier alpha value is -1.28. The lowest BCUT2D eigenvalue weighted by Gasteiger charge is -2.10. The highest BCUT2D eigenvalue weighted by molar-refractivity contribution is 6.30. The summed E-state index contributed by atoms with van der Waals surface area (Å²) in [4.78, 5) is 11.1. The Balaban J connectivity index is 2.70. The van der Waals surface area contributed by atoms with E-state index in [2.05, 4.69) is 0 Å². The third kappa shape index (κ3) is 5.05. The molecule has 0 spiro atoms. The number of hydrogen-bond donors (Lipinski definition) is 1. The summed E-state index contributed by atoms with van der Waals surface area (Å²) in [6.45, 7) is 3.95. The molecule has 1 rings (SSSR count). The molecule has 0 saturated carbocycles. The van der Waals surface area contributed by atoms with Gasteiger partial charge < -0.3 is 5.11 Å². The number of aliphatic carboxylic acids is 1. The summed E-state index contributed by atoms with van der Waals surface area (Å²) >= 11 is 5.79. The first kappa shape index (κ1) is 13.8. The van der Waals surface area contributed by atoms with E-state index in [1.165, 1.54) is 0 Å². The van der Waals surface area contributed by atoms with E-state index < -0.39 is 5.97 Å². The van der Waals surface area contributed by atoms with E-state index in [9.17, 15) is 4.79 Å². The number of rotatable bonds is 5. The van der Waals surface area contributed by atoms with Gasteiger partial charge in [0.1, 0.15) is 0 Å². The fourth-order valence-electron chi connectivity index (χ4n) is 1.55. The minimum Gasteiger partial charge on any atom is -0.481 e. The van der Waals surface area contributed by atoms with Crippen molar-refractivity contribution < 1.29 is 9.90 Å². The van der Waals surface area contributed by atoms with Crippen molar-refractivity contribution in [1.82, 2.24) is 0 Å². The van der Waals surface area contributed by atoms with E-state index in [1.807, 2.05) is 32.1 Å². The van der Waals surface area contributed by atoms with Crippen molar-refractivity contribution in [2.75, 3.05) is 0 Å². The van der Waals surface area contributed by atoms with Crippen LogP contribution in [0.1, 0.15) is 25.8 Å². The molecule has 0 aliphatic rings. The molecule has 1 atom stereocenters. The fourth-order valence-corrected chi connectivity index (χ4v) is 1.68. The van der Waals surface area contributed by atoms with Crippen LogP contribution < -0.4 is 0 Å². The monoisotopic (exact) mass is 252 g/mol. The average molecular weight is 253 g/mol. The van der Waals surface area contributed by atoms with E-state index in [1.54, 1.807) is 12.1 Å². The SMILES string of the molecule is CC(C)=CCC(Cc1ccc(Cl)cc1)C(=O)O. The topological polar surface area (TPSA) is 37.3 Å². The van der Waals surface area contributed by atoms with E-state index in [-0.39, 0.29) is 5.92 Å². The van der Waals surface area contributed by atoms with Crippen LogP contribution in [0.2, 0.25) is 5.02 Å². The zero-order valence-corrected chi connectivity index (χ0v) is 10.9. The van der Waals surface area contributed by atoms with Gasteiger partial charge in [-0.3, -0.25) is 4.79 Å². The highest BCUT2D eigenvalue weighted by Crippen LogP contribution is 2.17. The number of benzene rings is 1. The number of carboxylic acids is 1. The largest absolute Gasteiger partial charge is 0.481 e. The van der Waals surface area contributed by atoms with Crippen molar-refractivity contribution in [1.29, 1.82) is 0 Å². The summed E-state index contributed by atoms with van der Waals surface area (Å²) < 4.78 is 0. The summed E-state index contributed by atoms with van der Waals surface area (Å²) in [7, 11) is 0. The summed E-state index contributed by atoms with van der Waals surface area (Å²) in [6, 6.07) is 7.33. The second-order valence-corrected chi connectivity index (χ2v) is 4.82. The van der Waals surface area contributed by atoms with Crippen molar-refractivity contribution in [2.45, 2.75) is 26.7 Å². The van der Waals surface area contributed by atoms with Crippen LogP contribution >= 0.6 is 11.6 Å².